The molecule has 0 atom stereocenters. The molecule has 0 unspecified atom stereocenters. The van der Waals surface area contributed by atoms with Crippen LogP contribution >= 0.6 is 27.5 Å². The lowest BCUT2D eigenvalue weighted by atomic mass is 10.1. The summed E-state index contributed by atoms with van der Waals surface area (Å²) < 4.78 is 0.725. The van der Waals surface area contributed by atoms with Crippen molar-refractivity contribution in [3.63, 3.8) is 0 Å². The molecule has 0 aliphatic heterocycles. The maximum absolute atomic E-state index is 11.6. The number of Topliss-reactive ketones (excluding diaryl/α,β-unsaturated/α-hetero) is 1. The Balaban J connectivity index is 3.02. The van der Waals surface area contributed by atoms with Crippen LogP contribution in [0, 0.1) is 0 Å². The fourth-order valence-electron chi connectivity index (χ4n) is 1.27. The zero-order valence-corrected chi connectivity index (χ0v) is 11.2. The molecule has 0 fully saturated rings. The van der Waals surface area contributed by atoms with E-state index in [-0.39, 0.29) is 18.1 Å². The Morgan fingerprint density at radius 2 is 2.06 bits per heavy atom. The highest BCUT2D eigenvalue weighted by molar-refractivity contribution is 9.10. The van der Waals surface area contributed by atoms with Gasteiger partial charge >= 0.3 is 5.97 Å². The molecule has 0 aliphatic rings. The normalized spacial score (nSPS) is 10.7. The molecule has 0 amide bonds. The van der Waals surface area contributed by atoms with E-state index in [1.807, 2.05) is 0 Å². The summed E-state index contributed by atoms with van der Waals surface area (Å²) in [7, 11) is 0. The van der Waals surface area contributed by atoms with E-state index in [4.69, 9.17) is 16.7 Å². The van der Waals surface area contributed by atoms with Crippen molar-refractivity contribution in [2.24, 2.45) is 0 Å². The summed E-state index contributed by atoms with van der Waals surface area (Å²) in [5.74, 6) is -0.823. The number of halogens is 2. The van der Waals surface area contributed by atoms with Gasteiger partial charge in [-0.05, 0) is 29.8 Å². The Kier molecular flexibility index (Phi) is 5.38. The number of carboxylic acids is 1. The molecule has 1 aromatic carbocycles. The summed E-state index contributed by atoms with van der Waals surface area (Å²) in [5.41, 5.74) is 1.17. The van der Waals surface area contributed by atoms with Crippen LogP contribution in [-0.2, 0) is 4.79 Å². The Morgan fingerprint density at radius 3 is 2.65 bits per heavy atom. The van der Waals surface area contributed by atoms with Crippen LogP contribution in [0.5, 0.6) is 0 Å². The molecule has 17 heavy (non-hydrogen) atoms. The number of benzene rings is 1. The first-order valence-corrected chi connectivity index (χ1v) is 6.16. The fourth-order valence-corrected chi connectivity index (χ4v) is 1.95. The third-order valence-corrected chi connectivity index (χ3v) is 2.63. The number of ketones is 1. The number of hydrogen-bond donors (Lipinski definition) is 1. The molecule has 3 nitrogen and oxygen atoms in total. The smallest absolute Gasteiger partial charge is 0.328 e. The molecule has 1 aromatic rings. The van der Waals surface area contributed by atoms with Crippen molar-refractivity contribution in [1.82, 2.24) is 0 Å². The van der Waals surface area contributed by atoms with Crippen LogP contribution in [0.25, 0.3) is 6.08 Å². The van der Waals surface area contributed by atoms with Gasteiger partial charge in [-0.1, -0.05) is 15.9 Å². The van der Waals surface area contributed by atoms with Gasteiger partial charge in [0.2, 0.25) is 0 Å². The molecule has 5 heteroatoms. The van der Waals surface area contributed by atoms with Crippen molar-refractivity contribution in [1.29, 1.82) is 0 Å². The second-order valence-electron chi connectivity index (χ2n) is 3.31. The topological polar surface area (TPSA) is 54.4 Å². The van der Waals surface area contributed by atoms with Crippen LogP contribution in [0.15, 0.2) is 28.7 Å². The van der Waals surface area contributed by atoms with Gasteiger partial charge in [0.15, 0.2) is 5.78 Å². The largest absolute Gasteiger partial charge is 0.478 e. The fraction of sp³-hybridized carbons (Fsp3) is 0.167. The van der Waals surface area contributed by atoms with Crippen LogP contribution < -0.4 is 0 Å². The van der Waals surface area contributed by atoms with E-state index in [0.29, 0.717) is 11.1 Å². The lowest BCUT2D eigenvalue weighted by Gasteiger charge is -2.02. The molecule has 90 valence electrons. The number of hydrogen-bond acceptors (Lipinski definition) is 2. The molecule has 0 radical (unpaired) electrons. The molecular formula is C12H10BrClO3. The molecular weight excluding hydrogens is 307 g/mol. The van der Waals surface area contributed by atoms with Crippen molar-refractivity contribution in [3.05, 3.63) is 39.9 Å². The first-order valence-electron chi connectivity index (χ1n) is 4.83. The average molecular weight is 318 g/mol. The monoisotopic (exact) mass is 316 g/mol. The molecule has 1 rings (SSSR count). The number of carboxylic acid groups (broad SMARTS) is 1. The standard InChI is InChI=1S/C12H10BrClO3/c13-10-6-8(1-2-12(16)17)5-9(7-10)11(15)3-4-14/h1-2,5-7H,3-4H2,(H,16,17)/b2-1+. The molecule has 0 heterocycles. The second-order valence-corrected chi connectivity index (χ2v) is 4.60. The van der Waals surface area contributed by atoms with Gasteiger partial charge in [0, 0.05) is 28.4 Å². The first kappa shape index (κ1) is 13.9. The Labute approximate surface area is 112 Å². The molecule has 0 spiro atoms. The first-order chi connectivity index (χ1) is 8.02. The number of rotatable bonds is 5. The van der Waals surface area contributed by atoms with Gasteiger partial charge < -0.3 is 5.11 Å². The highest BCUT2D eigenvalue weighted by atomic mass is 79.9. The van der Waals surface area contributed by atoms with Crippen molar-refractivity contribution in [2.75, 3.05) is 5.88 Å². The minimum Gasteiger partial charge on any atom is -0.478 e. The van der Waals surface area contributed by atoms with Gasteiger partial charge in [0.25, 0.3) is 0 Å². The van der Waals surface area contributed by atoms with E-state index in [1.54, 1.807) is 18.2 Å². The van der Waals surface area contributed by atoms with E-state index >= 15 is 0 Å². The number of alkyl halides is 1. The van der Waals surface area contributed by atoms with Gasteiger partial charge in [-0.3, -0.25) is 4.79 Å². The summed E-state index contributed by atoms with van der Waals surface area (Å²) in [6.45, 7) is 0. The molecule has 0 aliphatic carbocycles. The minimum atomic E-state index is -1.03. The Morgan fingerprint density at radius 1 is 1.35 bits per heavy atom. The molecule has 0 aromatic heterocycles. The summed E-state index contributed by atoms with van der Waals surface area (Å²) in [6.07, 6.45) is 2.72. The summed E-state index contributed by atoms with van der Waals surface area (Å²) >= 11 is 8.78. The Hall–Kier alpha value is -1.13. The van der Waals surface area contributed by atoms with E-state index < -0.39 is 5.97 Å². The van der Waals surface area contributed by atoms with Crippen molar-refractivity contribution >= 4 is 45.4 Å². The van der Waals surface area contributed by atoms with E-state index in [1.165, 1.54) is 6.08 Å². The lowest BCUT2D eigenvalue weighted by molar-refractivity contribution is -0.131. The maximum atomic E-state index is 11.6. The number of carbonyl (C=O) groups is 2. The van der Waals surface area contributed by atoms with Gasteiger partial charge in [-0.15, -0.1) is 11.6 Å². The van der Waals surface area contributed by atoms with E-state index in [9.17, 15) is 9.59 Å². The van der Waals surface area contributed by atoms with Gasteiger partial charge in [0.05, 0.1) is 0 Å². The summed E-state index contributed by atoms with van der Waals surface area (Å²) in [6, 6.07) is 5.06. The van der Waals surface area contributed by atoms with Crippen LogP contribution in [-0.4, -0.2) is 22.7 Å². The Bertz CT molecular complexity index is 469. The van der Waals surface area contributed by atoms with Gasteiger partial charge in [-0.25, -0.2) is 4.79 Å². The SMILES string of the molecule is O=C(O)/C=C/c1cc(Br)cc(C(=O)CCCl)c1. The van der Waals surface area contributed by atoms with Gasteiger partial charge in [0.1, 0.15) is 0 Å². The third kappa shape index (κ3) is 4.71. The van der Waals surface area contributed by atoms with E-state index in [2.05, 4.69) is 15.9 Å². The van der Waals surface area contributed by atoms with Crippen molar-refractivity contribution < 1.29 is 14.7 Å². The number of carbonyl (C=O) groups excluding carboxylic acids is 1. The molecule has 0 bridgehead atoms. The minimum absolute atomic E-state index is 0.0636. The highest BCUT2D eigenvalue weighted by Crippen LogP contribution is 2.18. The predicted octanol–water partition coefficient (Wildman–Crippen LogP) is 3.36. The quantitative estimate of drug-likeness (QED) is 0.515. The van der Waals surface area contributed by atoms with Crippen LogP contribution in [0.4, 0.5) is 0 Å². The number of aliphatic carboxylic acids is 1. The summed E-state index contributed by atoms with van der Waals surface area (Å²) in [4.78, 5) is 22.0. The van der Waals surface area contributed by atoms with Gasteiger partial charge in [-0.2, -0.15) is 0 Å². The zero-order chi connectivity index (χ0) is 12.8. The highest BCUT2D eigenvalue weighted by Gasteiger charge is 2.06. The van der Waals surface area contributed by atoms with Crippen LogP contribution in [0.3, 0.4) is 0 Å². The lowest BCUT2D eigenvalue weighted by Crippen LogP contribution is -2.00. The predicted molar refractivity (Wildman–Crippen MR) is 70.5 cm³/mol. The second kappa shape index (κ2) is 6.57. The van der Waals surface area contributed by atoms with Crippen molar-refractivity contribution in [2.45, 2.75) is 6.42 Å². The van der Waals surface area contributed by atoms with Crippen molar-refractivity contribution in [3.8, 4) is 0 Å². The van der Waals surface area contributed by atoms with E-state index in [0.717, 1.165) is 10.5 Å². The molecule has 0 saturated heterocycles. The summed E-state index contributed by atoms with van der Waals surface area (Å²) in [5, 5.41) is 8.52. The van der Waals surface area contributed by atoms with Crippen LogP contribution in [0.2, 0.25) is 0 Å². The third-order valence-electron chi connectivity index (χ3n) is 1.98. The van der Waals surface area contributed by atoms with Crippen LogP contribution in [0.1, 0.15) is 22.3 Å². The molecule has 0 saturated carbocycles. The maximum Gasteiger partial charge on any atom is 0.328 e. The zero-order valence-electron chi connectivity index (χ0n) is 8.82. The average Bonchev–Trinajstić information content (AvgIpc) is 2.26. The molecule has 1 N–H and O–H groups in total.